The second-order valence-corrected chi connectivity index (χ2v) is 7.70. The molecule has 1 heterocycles. The smallest absolute Gasteiger partial charge is 0.320 e. The zero-order valence-corrected chi connectivity index (χ0v) is 18.4. The molecule has 0 bridgehead atoms. The maximum atomic E-state index is 13.0. The van der Waals surface area contributed by atoms with Crippen LogP contribution in [-0.4, -0.2) is 15.7 Å². The predicted molar refractivity (Wildman–Crippen MR) is 117 cm³/mol. The van der Waals surface area contributed by atoms with Crippen molar-refractivity contribution in [3.8, 4) is 11.8 Å². The molecular weight excluding hydrogens is 488 g/mol. The second-order valence-electron chi connectivity index (χ2n) is 6.50. The molecule has 0 saturated heterocycles. The van der Waals surface area contributed by atoms with Crippen LogP contribution in [-0.2, 0) is 11.0 Å². The third kappa shape index (κ3) is 5.07. The van der Waals surface area contributed by atoms with Gasteiger partial charge in [0.25, 0.3) is 5.91 Å². The quantitative estimate of drug-likeness (QED) is 0.320. The van der Waals surface area contributed by atoms with Gasteiger partial charge in [-0.3, -0.25) is 4.79 Å². The van der Waals surface area contributed by atoms with E-state index in [1.165, 1.54) is 36.4 Å². The van der Waals surface area contributed by atoms with Crippen LogP contribution in [0.15, 0.2) is 48.0 Å². The molecule has 0 radical (unpaired) electrons. The Hall–Kier alpha value is -2.99. The number of aryl methyl sites for hydroxylation is 1. The summed E-state index contributed by atoms with van der Waals surface area (Å²) in [4.78, 5) is 12.6. The zero-order valence-electron chi connectivity index (χ0n) is 16.1. The van der Waals surface area contributed by atoms with Gasteiger partial charge in [-0.1, -0.05) is 40.9 Å². The summed E-state index contributed by atoms with van der Waals surface area (Å²) >= 11 is 18.3. The van der Waals surface area contributed by atoms with Gasteiger partial charge in [0.15, 0.2) is 0 Å². The highest BCUT2D eigenvalue weighted by molar-refractivity contribution is 6.36. The molecule has 1 amide bonds. The minimum absolute atomic E-state index is 0.0665. The number of benzene rings is 2. The van der Waals surface area contributed by atoms with Crippen LogP contribution >= 0.6 is 34.8 Å². The van der Waals surface area contributed by atoms with Crippen molar-refractivity contribution in [1.82, 2.24) is 9.78 Å². The Morgan fingerprint density at radius 1 is 1.19 bits per heavy atom. The third-order valence-electron chi connectivity index (χ3n) is 4.30. The normalized spacial score (nSPS) is 11.9. The number of nitrogens with one attached hydrogen (secondary N) is 1. The molecule has 0 fully saturated rings. The summed E-state index contributed by atoms with van der Waals surface area (Å²) in [6.45, 7) is 1.54. The predicted octanol–water partition coefficient (Wildman–Crippen LogP) is 6.71. The Balaban J connectivity index is 1.98. The third-order valence-corrected chi connectivity index (χ3v) is 5.22. The largest absolute Gasteiger partial charge is 0.416 e. The van der Waals surface area contributed by atoms with Gasteiger partial charge in [0.05, 0.1) is 27.7 Å². The van der Waals surface area contributed by atoms with Crippen LogP contribution in [0.25, 0.3) is 11.8 Å². The number of alkyl halides is 3. The summed E-state index contributed by atoms with van der Waals surface area (Å²) in [5.74, 6) is -0.779. The number of anilines is 1. The van der Waals surface area contributed by atoms with Crippen molar-refractivity contribution in [1.29, 1.82) is 5.26 Å². The minimum Gasteiger partial charge on any atom is -0.320 e. The molecule has 1 N–H and O–H groups in total. The van der Waals surface area contributed by atoms with E-state index in [0.717, 1.165) is 16.8 Å². The minimum atomic E-state index is -4.54. The fourth-order valence-electron chi connectivity index (χ4n) is 2.74. The highest BCUT2D eigenvalue weighted by Crippen LogP contribution is 2.32. The molecule has 0 aliphatic heterocycles. The zero-order chi connectivity index (χ0) is 23.6. The monoisotopic (exact) mass is 498 g/mol. The number of halogens is 6. The van der Waals surface area contributed by atoms with Crippen molar-refractivity contribution < 1.29 is 18.0 Å². The van der Waals surface area contributed by atoms with Gasteiger partial charge in [0.1, 0.15) is 16.8 Å². The number of hydrogen-bond acceptors (Lipinski definition) is 3. The number of amides is 1. The SMILES string of the molecule is Cc1nn(-c2cccc(C(F)(F)F)c2)c(Cl)c1/C=C(\C#N)C(=O)Nc1cc(Cl)ccc1Cl. The van der Waals surface area contributed by atoms with E-state index in [0.29, 0.717) is 10.7 Å². The van der Waals surface area contributed by atoms with Crippen molar-refractivity contribution >= 4 is 52.5 Å². The van der Waals surface area contributed by atoms with E-state index < -0.39 is 17.6 Å². The average Bonchev–Trinajstić information content (AvgIpc) is 3.01. The molecule has 5 nitrogen and oxygen atoms in total. The first-order valence-corrected chi connectivity index (χ1v) is 9.95. The lowest BCUT2D eigenvalue weighted by Gasteiger charge is -2.09. The number of carbonyl (C=O) groups excluding carboxylic acids is 1. The molecule has 164 valence electrons. The van der Waals surface area contributed by atoms with Crippen LogP contribution < -0.4 is 5.32 Å². The molecule has 0 spiro atoms. The molecular formula is C21H12Cl3F3N4O. The Morgan fingerprint density at radius 2 is 1.91 bits per heavy atom. The van der Waals surface area contributed by atoms with Crippen molar-refractivity contribution in [2.75, 3.05) is 5.32 Å². The number of nitriles is 1. The first-order valence-electron chi connectivity index (χ1n) is 8.82. The number of carbonyl (C=O) groups is 1. The Morgan fingerprint density at radius 3 is 2.56 bits per heavy atom. The van der Waals surface area contributed by atoms with Gasteiger partial charge in [-0.15, -0.1) is 0 Å². The lowest BCUT2D eigenvalue weighted by atomic mass is 10.1. The lowest BCUT2D eigenvalue weighted by Crippen LogP contribution is -2.13. The lowest BCUT2D eigenvalue weighted by molar-refractivity contribution is -0.137. The summed E-state index contributed by atoms with van der Waals surface area (Å²) in [5, 5.41) is 16.6. The van der Waals surface area contributed by atoms with Gasteiger partial charge in [0.2, 0.25) is 0 Å². The number of nitrogens with zero attached hydrogens (tertiary/aromatic N) is 3. The van der Waals surface area contributed by atoms with Crippen molar-refractivity contribution in [2.45, 2.75) is 13.1 Å². The van der Waals surface area contributed by atoms with E-state index in [2.05, 4.69) is 10.4 Å². The maximum absolute atomic E-state index is 13.0. The van der Waals surface area contributed by atoms with Gasteiger partial charge in [-0.25, -0.2) is 4.68 Å². The molecule has 0 saturated carbocycles. The topological polar surface area (TPSA) is 70.7 Å². The number of hydrogen-bond donors (Lipinski definition) is 1. The summed E-state index contributed by atoms with van der Waals surface area (Å²) in [5.41, 5.74) is -0.419. The standard InChI is InChI=1S/C21H12Cl3F3N4O/c1-11-16(7-12(10-28)20(32)29-18-9-14(22)5-6-17(18)23)19(24)31(30-11)15-4-2-3-13(8-15)21(25,26)27/h2-9H,1H3,(H,29,32)/b12-7+. The van der Waals surface area contributed by atoms with Gasteiger partial charge >= 0.3 is 6.18 Å². The summed E-state index contributed by atoms with van der Waals surface area (Å²) in [6, 6.07) is 10.6. The van der Waals surface area contributed by atoms with Crippen LogP contribution in [0.2, 0.25) is 15.2 Å². The molecule has 1 aromatic heterocycles. The van der Waals surface area contributed by atoms with Crippen molar-refractivity contribution in [3.63, 3.8) is 0 Å². The first-order chi connectivity index (χ1) is 15.0. The Bertz CT molecular complexity index is 1280. The molecule has 2 aromatic carbocycles. The fraction of sp³-hybridized carbons (Fsp3) is 0.0952. The number of rotatable bonds is 4. The van der Waals surface area contributed by atoms with Crippen LogP contribution in [0, 0.1) is 18.3 Å². The average molecular weight is 500 g/mol. The summed E-state index contributed by atoms with van der Waals surface area (Å²) in [6.07, 6.45) is -3.34. The second kappa shape index (κ2) is 9.25. The summed E-state index contributed by atoms with van der Waals surface area (Å²) < 4.78 is 40.2. The molecule has 32 heavy (non-hydrogen) atoms. The molecule has 0 atom stereocenters. The van der Waals surface area contributed by atoms with Gasteiger partial charge in [0, 0.05) is 10.6 Å². The molecule has 3 rings (SSSR count). The fourth-order valence-corrected chi connectivity index (χ4v) is 3.40. The molecule has 11 heteroatoms. The van der Waals surface area contributed by atoms with E-state index in [1.807, 2.05) is 0 Å². The van der Waals surface area contributed by atoms with Crippen LogP contribution in [0.1, 0.15) is 16.8 Å². The van der Waals surface area contributed by atoms with Gasteiger partial charge in [-0.05, 0) is 49.4 Å². The molecule has 0 unspecified atom stereocenters. The first kappa shape index (κ1) is 23.7. The maximum Gasteiger partial charge on any atom is 0.416 e. The van der Waals surface area contributed by atoms with Crippen molar-refractivity contribution in [2.24, 2.45) is 0 Å². The van der Waals surface area contributed by atoms with Crippen LogP contribution in [0.3, 0.4) is 0 Å². The van der Waals surface area contributed by atoms with Crippen LogP contribution in [0.5, 0.6) is 0 Å². The molecule has 0 aliphatic rings. The van der Waals surface area contributed by atoms with Gasteiger partial charge in [-0.2, -0.15) is 23.5 Å². The van der Waals surface area contributed by atoms with E-state index >= 15 is 0 Å². The van der Waals surface area contributed by atoms with E-state index in [4.69, 9.17) is 34.8 Å². The highest BCUT2D eigenvalue weighted by atomic mass is 35.5. The van der Waals surface area contributed by atoms with Crippen molar-refractivity contribution in [3.05, 3.63) is 80.1 Å². The van der Waals surface area contributed by atoms with E-state index in [-0.39, 0.29) is 32.7 Å². The van der Waals surface area contributed by atoms with E-state index in [9.17, 15) is 23.2 Å². The van der Waals surface area contributed by atoms with Gasteiger partial charge < -0.3 is 5.32 Å². The van der Waals surface area contributed by atoms with E-state index in [1.54, 1.807) is 13.0 Å². The molecule has 3 aromatic rings. The molecule has 0 aliphatic carbocycles. The number of aromatic nitrogens is 2. The summed E-state index contributed by atoms with van der Waals surface area (Å²) in [7, 11) is 0. The van der Waals surface area contributed by atoms with Crippen LogP contribution in [0.4, 0.5) is 18.9 Å². The Kier molecular flexibility index (Phi) is 6.84. The Labute approximate surface area is 195 Å². The highest BCUT2D eigenvalue weighted by Gasteiger charge is 2.31.